The Labute approximate surface area is 193 Å². The minimum absolute atomic E-state index is 0.128. The molecule has 0 unspecified atom stereocenters. The van der Waals surface area contributed by atoms with Gasteiger partial charge in [-0.3, -0.25) is 4.79 Å². The van der Waals surface area contributed by atoms with Crippen LogP contribution in [0.15, 0.2) is 83.8 Å². The van der Waals surface area contributed by atoms with Crippen molar-refractivity contribution in [3.8, 4) is 5.75 Å². The van der Waals surface area contributed by atoms with Crippen LogP contribution in [-0.2, 0) is 16.6 Å². The lowest BCUT2D eigenvalue weighted by atomic mass is 10.1. The summed E-state index contributed by atoms with van der Waals surface area (Å²) in [4.78, 5) is 15.0. The summed E-state index contributed by atoms with van der Waals surface area (Å²) in [7, 11) is -3.65. The second-order valence-corrected chi connectivity index (χ2v) is 9.79. The number of ether oxygens (including phenoxy) is 1. The molecule has 1 fully saturated rings. The number of carbonyl (C=O) groups excluding carboxylic acids is 1. The molecule has 4 rings (SSSR count). The monoisotopic (exact) mass is 470 g/mol. The van der Waals surface area contributed by atoms with Gasteiger partial charge in [0.25, 0.3) is 5.91 Å². The Morgan fingerprint density at radius 3 is 2.28 bits per heavy atom. The quantitative estimate of drug-likeness (QED) is 0.544. The number of sulfonamides is 1. The van der Waals surface area contributed by atoms with Crippen molar-refractivity contribution < 1.29 is 17.9 Å². The predicted octanol–water partition coefficient (Wildman–Crippen LogP) is 4.07. The van der Waals surface area contributed by atoms with E-state index in [2.05, 4.69) is 0 Å². The van der Waals surface area contributed by atoms with Crippen molar-refractivity contribution in [1.29, 1.82) is 0 Å². The molecule has 0 aromatic heterocycles. The van der Waals surface area contributed by atoms with Gasteiger partial charge in [0.05, 0.1) is 4.90 Å². The molecule has 1 heterocycles. The maximum atomic E-state index is 13.2. The van der Waals surface area contributed by atoms with Crippen molar-refractivity contribution >= 4 is 27.5 Å². The molecular weight excluding hydrogens is 448 g/mol. The van der Waals surface area contributed by atoms with E-state index in [1.54, 1.807) is 23.1 Å². The molecule has 8 heteroatoms. The zero-order chi connectivity index (χ0) is 22.6. The van der Waals surface area contributed by atoms with Gasteiger partial charge in [0.15, 0.2) is 0 Å². The number of benzene rings is 3. The van der Waals surface area contributed by atoms with Crippen LogP contribution < -0.4 is 4.74 Å². The number of rotatable bonds is 6. The molecule has 0 aliphatic carbocycles. The van der Waals surface area contributed by atoms with Crippen molar-refractivity contribution in [3.63, 3.8) is 0 Å². The van der Waals surface area contributed by atoms with Crippen LogP contribution in [0.25, 0.3) is 0 Å². The van der Waals surface area contributed by atoms with E-state index in [0.29, 0.717) is 23.7 Å². The molecular formula is C24H23ClN2O4S. The summed E-state index contributed by atoms with van der Waals surface area (Å²) in [6.07, 6.45) is 0. The Hall–Kier alpha value is -2.87. The Bertz CT molecular complexity index is 1190. The maximum absolute atomic E-state index is 13.2. The Morgan fingerprint density at radius 2 is 1.56 bits per heavy atom. The maximum Gasteiger partial charge on any atom is 0.254 e. The number of carbonyl (C=O) groups is 1. The number of nitrogens with zero attached hydrogens (tertiary/aromatic N) is 2. The molecule has 1 amide bonds. The lowest BCUT2D eigenvalue weighted by molar-refractivity contribution is 0.0695. The second-order valence-electron chi connectivity index (χ2n) is 7.41. The number of halogens is 1. The molecule has 0 bridgehead atoms. The second kappa shape index (κ2) is 9.73. The molecule has 3 aromatic rings. The zero-order valence-electron chi connectivity index (χ0n) is 17.4. The number of piperazine rings is 1. The molecule has 0 radical (unpaired) electrons. The van der Waals surface area contributed by atoms with Crippen molar-refractivity contribution in [2.45, 2.75) is 11.5 Å². The van der Waals surface area contributed by atoms with Crippen LogP contribution in [0.1, 0.15) is 15.9 Å². The number of hydrogen-bond donors (Lipinski definition) is 0. The van der Waals surface area contributed by atoms with E-state index in [4.69, 9.17) is 16.3 Å². The van der Waals surface area contributed by atoms with Crippen LogP contribution in [0, 0.1) is 0 Å². The molecule has 3 aromatic carbocycles. The van der Waals surface area contributed by atoms with Crippen LogP contribution >= 0.6 is 11.6 Å². The van der Waals surface area contributed by atoms with E-state index in [1.165, 1.54) is 16.4 Å². The fraction of sp³-hybridized carbons (Fsp3) is 0.208. The summed E-state index contributed by atoms with van der Waals surface area (Å²) < 4.78 is 33.0. The standard InChI is InChI=1S/C24H23ClN2O4S/c25-20-8-6-11-22(17-20)32(29,30)27-15-13-26(14-16-27)24(28)23-12-5-4-7-19(23)18-31-21-9-2-1-3-10-21/h1-12,17H,13-16,18H2. The Morgan fingerprint density at radius 1 is 0.875 bits per heavy atom. The fourth-order valence-electron chi connectivity index (χ4n) is 3.61. The lowest BCUT2D eigenvalue weighted by Gasteiger charge is -2.34. The molecule has 166 valence electrons. The molecule has 32 heavy (non-hydrogen) atoms. The van der Waals surface area contributed by atoms with Crippen LogP contribution in [0.4, 0.5) is 0 Å². The van der Waals surface area contributed by atoms with Gasteiger partial charge in [0.1, 0.15) is 12.4 Å². The molecule has 0 spiro atoms. The van der Waals surface area contributed by atoms with Crippen LogP contribution in [0.3, 0.4) is 0 Å². The van der Waals surface area contributed by atoms with Gasteiger partial charge in [-0.2, -0.15) is 4.31 Å². The minimum Gasteiger partial charge on any atom is -0.489 e. The van der Waals surface area contributed by atoms with E-state index in [9.17, 15) is 13.2 Å². The molecule has 1 saturated heterocycles. The van der Waals surface area contributed by atoms with E-state index < -0.39 is 10.0 Å². The minimum atomic E-state index is -3.65. The molecule has 1 aliphatic rings. The first-order valence-corrected chi connectivity index (χ1v) is 12.1. The topological polar surface area (TPSA) is 66.9 Å². The van der Waals surface area contributed by atoms with E-state index in [0.717, 1.165) is 11.3 Å². The summed E-state index contributed by atoms with van der Waals surface area (Å²) in [5.74, 6) is 0.603. The SMILES string of the molecule is O=C(c1ccccc1COc1ccccc1)N1CCN(S(=O)(=O)c2cccc(Cl)c2)CC1. The third-order valence-corrected chi connectivity index (χ3v) is 7.47. The van der Waals surface area contributed by atoms with Crippen LogP contribution in [0.5, 0.6) is 5.75 Å². The third-order valence-electron chi connectivity index (χ3n) is 5.35. The van der Waals surface area contributed by atoms with Crippen molar-refractivity contribution in [1.82, 2.24) is 9.21 Å². The highest BCUT2D eigenvalue weighted by Gasteiger charge is 2.31. The van der Waals surface area contributed by atoms with Gasteiger partial charge in [0.2, 0.25) is 10.0 Å². The summed E-state index contributed by atoms with van der Waals surface area (Å²) in [5.41, 5.74) is 1.35. The smallest absolute Gasteiger partial charge is 0.254 e. The number of para-hydroxylation sites is 1. The highest BCUT2D eigenvalue weighted by molar-refractivity contribution is 7.89. The Balaban J connectivity index is 1.43. The summed E-state index contributed by atoms with van der Waals surface area (Å²) in [6.45, 7) is 1.35. The largest absolute Gasteiger partial charge is 0.489 e. The summed E-state index contributed by atoms with van der Waals surface area (Å²) in [6, 6.07) is 23.0. The van der Waals surface area contributed by atoms with Gasteiger partial charge < -0.3 is 9.64 Å². The van der Waals surface area contributed by atoms with Gasteiger partial charge in [0, 0.05) is 42.3 Å². The zero-order valence-corrected chi connectivity index (χ0v) is 18.9. The van der Waals surface area contributed by atoms with Gasteiger partial charge in [-0.15, -0.1) is 0 Å². The van der Waals surface area contributed by atoms with Crippen LogP contribution in [0.2, 0.25) is 5.02 Å². The molecule has 6 nitrogen and oxygen atoms in total. The van der Waals surface area contributed by atoms with Crippen molar-refractivity contribution in [3.05, 3.63) is 95.0 Å². The van der Waals surface area contributed by atoms with Crippen molar-refractivity contribution in [2.75, 3.05) is 26.2 Å². The van der Waals surface area contributed by atoms with Crippen molar-refractivity contribution in [2.24, 2.45) is 0 Å². The first kappa shape index (κ1) is 22.3. The highest BCUT2D eigenvalue weighted by Crippen LogP contribution is 2.22. The molecule has 0 atom stereocenters. The van der Waals surface area contributed by atoms with Gasteiger partial charge in [-0.1, -0.05) is 54.1 Å². The lowest BCUT2D eigenvalue weighted by Crippen LogP contribution is -2.50. The number of amides is 1. The molecule has 0 saturated carbocycles. The predicted molar refractivity (Wildman–Crippen MR) is 123 cm³/mol. The van der Waals surface area contributed by atoms with E-state index in [1.807, 2.05) is 48.5 Å². The Kier molecular flexibility index (Phi) is 6.79. The molecule has 1 aliphatic heterocycles. The summed E-state index contributed by atoms with van der Waals surface area (Å²) >= 11 is 5.96. The average molecular weight is 471 g/mol. The third kappa shape index (κ3) is 4.96. The van der Waals surface area contributed by atoms with Gasteiger partial charge >= 0.3 is 0 Å². The average Bonchev–Trinajstić information content (AvgIpc) is 2.83. The van der Waals surface area contributed by atoms with Gasteiger partial charge in [-0.05, 0) is 36.4 Å². The number of hydrogen-bond acceptors (Lipinski definition) is 4. The fourth-order valence-corrected chi connectivity index (χ4v) is 5.33. The van der Waals surface area contributed by atoms with E-state index >= 15 is 0 Å². The highest BCUT2D eigenvalue weighted by atomic mass is 35.5. The van der Waals surface area contributed by atoms with Gasteiger partial charge in [-0.25, -0.2) is 8.42 Å². The van der Waals surface area contributed by atoms with Crippen LogP contribution in [-0.4, -0.2) is 49.7 Å². The normalized spacial score (nSPS) is 14.8. The summed E-state index contributed by atoms with van der Waals surface area (Å²) in [5, 5.41) is 0.370. The van der Waals surface area contributed by atoms with E-state index in [-0.39, 0.29) is 30.5 Å². The molecule has 0 N–H and O–H groups in total. The first-order chi connectivity index (χ1) is 15.4. The first-order valence-electron chi connectivity index (χ1n) is 10.3.